The van der Waals surface area contributed by atoms with Crippen molar-refractivity contribution in [3.05, 3.63) is 42.5 Å². The first kappa shape index (κ1) is 11.9. The van der Waals surface area contributed by atoms with E-state index in [1.54, 1.807) is 6.20 Å². The van der Waals surface area contributed by atoms with E-state index >= 15 is 0 Å². The van der Waals surface area contributed by atoms with Crippen LogP contribution in [0.15, 0.2) is 36.9 Å². The molecule has 0 unspecified atom stereocenters. The number of aromatic nitrogens is 5. The summed E-state index contributed by atoms with van der Waals surface area (Å²) in [6, 6.07) is 6.34. The van der Waals surface area contributed by atoms with Gasteiger partial charge in [0.25, 0.3) is 0 Å². The molecule has 0 bridgehead atoms. The van der Waals surface area contributed by atoms with Gasteiger partial charge in [0.1, 0.15) is 5.52 Å². The Morgan fingerprint density at radius 1 is 1.26 bits per heavy atom. The Kier molecular flexibility index (Phi) is 3.27. The minimum Gasteiger partial charge on any atom is -0.333 e. The van der Waals surface area contributed by atoms with Crippen LogP contribution in [0.4, 0.5) is 0 Å². The molecule has 98 valence electrons. The normalized spacial score (nSPS) is 11.2. The highest BCUT2D eigenvalue weighted by atomic mass is 15.4. The van der Waals surface area contributed by atoms with E-state index in [0.29, 0.717) is 0 Å². The first-order valence-corrected chi connectivity index (χ1v) is 6.64. The summed E-state index contributed by atoms with van der Waals surface area (Å²) in [4.78, 5) is 4.05. The van der Waals surface area contributed by atoms with E-state index in [2.05, 4.69) is 40.4 Å². The van der Waals surface area contributed by atoms with Crippen molar-refractivity contribution in [2.75, 3.05) is 0 Å². The Morgan fingerprint density at radius 2 is 2.21 bits per heavy atom. The minimum absolute atomic E-state index is 0.817. The molecule has 0 fully saturated rings. The fourth-order valence-electron chi connectivity index (χ4n) is 2.18. The van der Waals surface area contributed by atoms with Gasteiger partial charge in [-0.25, -0.2) is 9.67 Å². The van der Waals surface area contributed by atoms with Crippen molar-refractivity contribution in [3.8, 4) is 0 Å². The number of hydrogen-bond donors (Lipinski definition) is 0. The predicted octanol–water partition coefficient (Wildman–Crippen LogP) is 2.48. The molecule has 1 aromatic carbocycles. The summed E-state index contributed by atoms with van der Waals surface area (Å²) in [5.41, 5.74) is 3.30. The Labute approximate surface area is 111 Å². The zero-order valence-electron chi connectivity index (χ0n) is 11.0. The molecular formula is C14H17N5. The molecule has 0 radical (unpaired) electrons. The fraction of sp³-hybridized carbons (Fsp3) is 0.357. The van der Waals surface area contributed by atoms with Crippen LogP contribution >= 0.6 is 0 Å². The average Bonchev–Trinajstić information content (AvgIpc) is 3.06. The highest BCUT2D eigenvalue weighted by molar-refractivity contribution is 5.75. The first-order chi connectivity index (χ1) is 9.36. The molecule has 2 aromatic heterocycles. The van der Waals surface area contributed by atoms with Gasteiger partial charge in [-0.2, -0.15) is 0 Å². The second kappa shape index (κ2) is 5.22. The molecule has 0 N–H and O–H groups in total. The van der Waals surface area contributed by atoms with Crippen molar-refractivity contribution in [2.45, 2.75) is 32.9 Å². The molecular weight excluding hydrogens is 238 g/mol. The lowest BCUT2D eigenvalue weighted by Gasteiger charge is -2.03. The third-order valence-corrected chi connectivity index (χ3v) is 3.23. The maximum absolute atomic E-state index is 4.25. The van der Waals surface area contributed by atoms with E-state index in [1.165, 1.54) is 12.0 Å². The topological polar surface area (TPSA) is 48.5 Å². The third-order valence-electron chi connectivity index (χ3n) is 3.23. The lowest BCUT2D eigenvalue weighted by molar-refractivity contribution is 0.567. The summed E-state index contributed by atoms with van der Waals surface area (Å²) in [6.45, 7) is 3.94. The zero-order valence-corrected chi connectivity index (χ0v) is 11.0. The van der Waals surface area contributed by atoms with Crippen LogP contribution in [-0.2, 0) is 13.1 Å². The standard InChI is InChI=1S/C14H17N5/c1-2-3-7-19-14-5-4-12(9-13(14)16-17-19)10-18-8-6-15-11-18/h4-6,8-9,11H,2-3,7,10H2,1H3. The Morgan fingerprint density at radius 3 is 3.00 bits per heavy atom. The molecule has 0 saturated heterocycles. The van der Waals surface area contributed by atoms with Gasteiger partial charge in [0, 0.05) is 25.5 Å². The van der Waals surface area contributed by atoms with Crippen LogP contribution in [0.3, 0.4) is 0 Å². The number of hydrogen-bond acceptors (Lipinski definition) is 3. The number of imidazole rings is 1. The first-order valence-electron chi connectivity index (χ1n) is 6.64. The number of nitrogens with zero attached hydrogens (tertiary/aromatic N) is 5. The van der Waals surface area contributed by atoms with E-state index < -0.39 is 0 Å². The van der Waals surface area contributed by atoms with Gasteiger partial charge in [-0.05, 0) is 24.1 Å². The minimum atomic E-state index is 0.817. The fourth-order valence-corrected chi connectivity index (χ4v) is 2.18. The smallest absolute Gasteiger partial charge is 0.113 e. The molecule has 5 nitrogen and oxygen atoms in total. The van der Waals surface area contributed by atoms with Gasteiger partial charge in [-0.15, -0.1) is 5.10 Å². The van der Waals surface area contributed by atoms with Crippen LogP contribution in [0.1, 0.15) is 25.3 Å². The molecule has 3 aromatic rings. The van der Waals surface area contributed by atoms with Crippen LogP contribution < -0.4 is 0 Å². The third kappa shape index (κ3) is 2.50. The van der Waals surface area contributed by atoms with Gasteiger partial charge in [-0.3, -0.25) is 0 Å². The molecule has 0 aliphatic carbocycles. The van der Waals surface area contributed by atoms with Crippen molar-refractivity contribution in [3.63, 3.8) is 0 Å². The van der Waals surface area contributed by atoms with E-state index in [0.717, 1.165) is 30.5 Å². The second-order valence-corrected chi connectivity index (χ2v) is 4.72. The van der Waals surface area contributed by atoms with Crippen molar-refractivity contribution in [1.82, 2.24) is 24.5 Å². The van der Waals surface area contributed by atoms with Crippen LogP contribution in [0, 0.1) is 0 Å². The quantitative estimate of drug-likeness (QED) is 0.703. The van der Waals surface area contributed by atoms with Gasteiger partial charge in [-0.1, -0.05) is 24.6 Å². The molecule has 2 heterocycles. The summed E-state index contributed by atoms with van der Waals surface area (Å²) < 4.78 is 4.03. The van der Waals surface area contributed by atoms with E-state index in [1.807, 2.05) is 21.8 Å². The van der Waals surface area contributed by atoms with Crippen molar-refractivity contribution in [2.24, 2.45) is 0 Å². The maximum atomic E-state index is 4.25. The molecule has 0 spiro atoms. The second-order valence-electron chi connectivity index (χ2n) is 4.72. The molecule has 5 heteroatoms. The largest absolute Gasteiger partial charge is 0.333 e. The Balaban J connectivity index is 1.85. The lowest BCUT2D eigenvalue weighted by Crippen LogP contribution is -2.00. The number of rotatable bonds is 5. The van der Waals surface area contributed by atoms with E-state index in [-0.39, 0.29) is 0 Å². The SMILES string of the molecule is CCCCn1nnc2cc(Cn3ccnc3)ccc21. The van der Waals surface area contributed by atoms with Crippen LogP contribution in [-0.4, -0.2) is 24.5 Å². The molecule has 0 amide bonds. The summed E-state index contributed by atoms with van der Waals surface area (Å²) in [5, 5.41) is 8.47. The lowest BCUT2D eigenvalue weighted by atomic mass is 10.2. The highest BCUT2D eigenvalue weighted by Gasteiger charge is 2.05. The number of aryl methyl sites for hydroxylation is 1. The molecule has 3 rings (SSSR count). The number of unbranched alkanes of at least 4 members (excludes halogenated alkanes) is 1. The molecule has 0 aliphatic rings. The monoisotopic (exact) mass is 255 g/mol. The summed E-state index contributed by atoms with van der Waals surface area (Å²) in [6.07, 6.45) is 7.87. The molecule has 19 heavy (non-hydrogen) atoms. The zero-order chi connectivity index (χ0) is 13.1. The average molecular weight is 255 g/mol. The molecule has 0 saturated carbocycles. The van der Waals surface area contributed by atoms with Crippen LogP contribution in [0.25, 0.3) is 11.0 Å². The predicted molar refractivity (Wildman–Crippen MR) is 73.8 cm³/mol. The van der Waals surface area contributed by atoms with E-state index in [4.69, 9.17) is 0 Å². The van der Waals surface area contributed by atoms with Gasteiger partial charge >= 0.3 is 0 Å². The summed E-state index contributed by atoms with van der Waals surface area (Å²) in [7, 11) is 0. The van der Waals surface area contributed by atoms with Crippen LogP contribution in [0.2, 0.25) is 0 Å². The van der Waals surface area contributed by atoms with Gasteiger partial charge in [0.05, 0.1) is 11.8 Å². The maximum Gasteiger partial charge on any atom is 0.113 e. The van der Waals surface area contributed by atoms with Crippen molar-refractivity contribution in [1.29, 1.82) is 0 Å². The Bertz CT molecular complexity index is 654. The molecule has 0 atom stereocenters. The van der Waals surface area contributed by atoms with Crippen LogP contribution in [0.5, 0.6) is 0 Å². The molecule has 0 aliphatic heterocycles. The van der Waals surface area contributed by atoms with Crippen molar-refractivity contribution >= 4 is 11.0 Å². The van der Waals surface area contributed by atoms with Gasteiger partial charge in [0.2, 0.25) is 0 Å². The Hall–Kier alpha value is -2.17. The van der Waals surface area contributed by atoms with Gasteiger partial charge in [0.15, 0.2) is 0 Å². The number of fused-ring (bicyclic) bond motifs is 1. The van der Waals surface area contributed by atoms with E-state index in [9.17, 15) is 0 Å². The number of benzene rings is 1. The van der Waals surface area contributed by atoms with Gasteiger partial charge < -0.3 is 4.57 Å². The summed E-state index contributed by atoms with van der Waals surface area (Å²) >= 11 is 0. The summed E-state index contributed by atoms with van der Waals surface area (Å²) in [5.74, 6) is 0. The van der Waals surface area contributed by atoms with Crippen molar-refractivity contribution < 1.29 is 0 Å². The highest BCUT2D eigenvalue weighted by Crippen LogP contribution is 2.15.